The molecule has 0 spiro atoms. The van der Waals surface area contributed by atoms with E-state index in [2.05, 4.69) is 31.3 Å². The fraction of sp³-hybridized carbons (Fsp3) is 0.939. The summed E-state index contributed by atoms with van der Waals surface area (Å²) in [6.45, 7) is 1.75. The fourth-order valence-corrected chi connectivity index (χ4v) is 14.5. The third-order valence-corrected chi connectivity index (χ3v) is 21.3. The van der Waals surface area contributed by atoms with Crippen LogP contribution in [0.25, 0.3) is 0 Å². The van der Waals surface area contributed by atoms with Gasteiger partial charge in [-0.25, -0.2) is 0 Å². The fourth-order valence-electron chi connectivity index (χ4n) is 14.5. The molecule has 0 bridgehead atoms. The molecule has 3 saturated heterocycles. The first-order chi connectivity index (χ1) is 49.3. The number of aliphatic hydroxyl groups is 11. The topological polar surface area (TPSA) is 307 Å². The zero-order valence-corrected chi connectivity index (χ0v) is 63.9. The highest BCUT2D eigenvalue weighted by Crippen LogP contribution is 2.33. The molecule has 17 unspecified atom stereocenters. The molecule has 0 aromatic carbocycles. The van der Waals surface area contributed by atoms with Crippen LogP contribution >= 0.6 is 0 Å². The molecule has 0 aliphatic carbocycles. The lowest BCUT2D eigenvalue weighted by Gasteiger charge is -2.48. The monoisotopic (exact) mass is 1440 g/mol. The van der Waals surface area contributed by atoms with Crippen LogP contribution in [0.2, 0.25) is 0 Å². The van der Waals surface area contributed by atoms with Gasteiger partial charge < -0.3 is 89.9 Å². The highest BCUT2D eigenvalue weighted by molar-refractivity contribution is 5.76. The zero-order chi connectivity index (χ0) is 73.2. The molecule has 1 amide bonds. The lowest BCUT2D eigenvalue weighted by Crippen LogP contribution is -2.66. The summed E-state index contributed by atoms with van der Waals surface area (Å²) in [4.78, 5) is 13.4. The van der Waals surface area contributed by atoms with Crippen LogP contribution in [-0.2, 0) is 33.2 Å². The van der Waals surface area contributed by atoms with Crippen molar-refractivity contribution in [3.63, 3.8) is 0 Å². The number of aliphatic hydroxyl groups excluding tert-OH is 11. The van der Waals surface area contributed by atoms with Crippen LogP contribution in [0.1, 0.15) is 361 Å². The first kappa shape index (κ1) is 93.5. The van der Waals surface area contributed by atoms with E-state index in [9.17, 15) is 61.0 Å². The average Bonchev–Trinajstić information content (AvgIpc) is 0.798. The number of hydrogen-bond acceptors (Lipinski definition) is 18. The van der Waals surface area contributed by atoms with Crippen molar-refractivity contribution in [3.05, 3.63) is 24.3 Å². The molecule has 3 fully saturated rings. The van der Waals surface area contributed by atoms with Crippen LogP contribution in [-0.4, -0.2) is 193 Å². The number of ether oxygens (including phenoxy) is 6. The van der Waals surface area contributed by atoms with Crippen LogP contribution in [0.3, 0.4) is 0 Å². The van der Waals surface area contributed by atoms with Crippen molar-refractivity contribution in [3.8, 4) is 0 Å². The Hall–Kier alpha value is -1.73. The van der Waals surface area contributed by atoms with Crippen molar-refractivity contribution >= 4 is 5.91 Å². The number of carbonyl (C=O) groups is 1. The van der Waals surface area contributed by atoms with E-state index in [-0.39, 0.29) is 18.9 Å². The molecule has 0 radical (unpaired) electrons. The van der Waals surface area contributed by atoms with E-state index >= 15 is 0 Å². The first-order valence-corrected chi connectivity index (χ1v) is 42.1. The Morgan fingerprint density at radius 3 is 0.990 bits per heavy atom. The van der Waals surface area contributed by atoms with Gasteiger partial charge in [0.15, 0.2) is 18.9 Å². The highest BCUT2D eigenvalue weighted by Gasteiger charge is 2.54. The number of amides is 1. The summed E-state index contributed by atoms with van der Waals surface area (Å²) >= 11 is 0. The van der Waals surface area contributed by atoms with Gasteiger partial charge in [0.2, 0.25) is 5.91 Å². The van der Waals surface area contributed by atoms with E-state index in [1.54, 1.807) is 6.08 Å². The Bertz CT molecular complexity index is 1920. The number of hydrogen-bond donors (Lipinski definition) is 12. The Kier molecular flexibility index (Phi) is 58.5. The Labute approximate surface area is 613 Å². The predicted molar refractivity (Wildman–Crippen MR) is 402 cm³/mol. The molecular weight excluding hydrogens is 1290 g/mol. The largest absolute Gasteiger partial charge is 0.394 e. The number of allylic oxidation sites excluding steroid dienone is 3. The molecule has 19 nitrogen and oxygen atoms in total. The molecule has 3 aliphatic rings. The molecule has 3 rings (SSSR count). The van der Waals surface area contributed by atoms with Gasteiger partial charge in [0.25, 0.3) is 0 Å². The quantitative estimate of drug-likeness (QED) is 0.0199. The molecular formula is C82H155NO18. The Balaban J connectivity index is 1.27. The van der Waals surface area contributed by atoms with Gasteiger partial charge in [-0.3, -0.25) is 4.79 Å². The number of nitrogens with one attached hydrogen (secondary N) is 1. The Morgan fingerprint density at radius 2 is 0.634 bits per heavy atom. The van der Waals surface area contributed by atoms with Gasteiger partial charge in [-0.05, 0) is 32.1 Å². The van der Waals surface area contributed by atoms with E-state index in [1.165, 1.54) is 289 Å². The van der Waals surface area contributed by atoms with E-state index in [0.717, 1.165) is 38.5 Å². The first-order valence-electron chi connectivity index (χ1n) is 42.1. The van der Waals surface area contributed by atoms with Gasteiger partial charge in [-0.2, -0.15) is 0 Å². The van der Waals surface area contributed by atoms with Gasteiger partial charge >= 0.3 is 0 Å². The van der Waals surface area contributed by atoms with Crippen LogP contribution in [0, 0.1) is 0 Å². The average molecular weight is 1440 g/mol. The summed E-state index contributed by atoms with van der Waals surface area (Å²) < 4.78 is 34.4. The van der Waals surface area contributed by atoms with Gasteiger partial charge in [0, 0.05) is 6.42 Å². The Morgan fingerprint density at radius 1 is 0.347 bits per heavy atom. The summed E-state index contributed by atoms with van der Waals surface area (Å²) in [6.07, 6.45) is 50.8. The SMILES string of the molecule is CCCCCCCCCCC/C=C/CC/C=C/C(O)C(COC1OC(CO)C(OC2OC(CO)C(OC3OC(CO)C(O)C(O)C3O)C(O)C2O)C(O)C1O)NC(=O)CCCCCCCCCCCCCCCCCCCCCCCCCCCCCCCCCCCCCCCCCCC. The second-order valence-corrected chi connectivity index (χ2v) is 30.3. The standard InChI is InChI=1S/C82H155NO18/c1-3-5-7-9-11-13-15-17-19-20-21-22-23-24-25-26-27-28-29-30-31-32-33-34-35-36-37-38-39-40-41-42-43-44-46-48-50-52-54-56-58-60-70(88)83-65(66(87)59-57-55-53-51-49-47-45-18-16-14-12-10-8-6-4-2)64-96-80-76(94)73(91)78(68(62-85)98-80)101-82-77(95)74(92)79(69(63-86)99-82)100-81-75(93)72(90)71(89)67(61-84)97-81/h49,51,57,59,65-69,71-82,84-87,89-95H,3-48,50,52-56,58,60-64H2,1-2H3,(H,83,88)/b51-49+,59-57+. The number of unbranched alkanes of at least 4 members (excludes halogenated alkanes) is 50. The van der Waals surface area contributed by atoms with Gasteiger partial charge in [0.1, 0.15) is 73.2 Å². The molecule has 12 N–H and O–H groups in total. The third-order valence-electron chi connectivity index (χ3n) is 21.3. The molecule has 19 heteroatoms. The summed E-state index contributed by atoms with van der Waals surface area (Å²) in [6, 6.07) is -0.987. The van der Waals surface area contributed by atoms with Crippen LogP contribution in [0.4, 0.5) is 0 Å². The van der Waals surface area contributed by atoms with E-state index < -0.39 is 124 Å². The molecule has 596 valence electrons. The molecule has 17 atom stereocenters. The normalized spacial score (nSPS) is 26.4. The second-order valence-electron chi connectivity index (χ2n) is 30.3. The smallest absolute Gasteiger partial charge is 0.220 e. The van der Waals surface area contributed by atoms with E-state index in [1.807, 2.05) is 6.08 Å². The third kappa shape index (κ3) is 43.2. The number of carbonyl (C=O) groups excluding carboxylic acids is 1. The van der Waals surface area contributed by atoms with E-state index in [0.29, 0.717) is 12.8 Å². The van der Waals surface area contributed by atoms with Crippen molar-refractivity contribution in [1.29, 1.82) is 0 Å². The van der Waals surface area contributed by atoms with E-state index in [4.69, 9.17) is 28.4 Å². The van der Waals surface area contributed by atoms with Gasteiger partial charge in [-0.15, -0.1) is 0 Å². The van der Waals surface area contributed by atoms with Crippen LogP contribution in [0.15, 0.2) is 24.3 Å². The zero-order valence-electron chi connectivity index (χ0n) is 63.9. The second kappa shape index (κ2) is 63.2. The lowest BCUT2D eigenvalue weighted by atomic mass is 9.96. The van der Waals surface area contributed by atoms with Crippen molar-refractivity contribution < 1.29 is 89.4 Å². The van der Waals surface area contributed by atoms with Gasteiger partial charge in [-0.1, -0.05) is 346 Å². The summed E-state index contributed by atoms with van der Waals surface area (Å²) in [7, 11) is 0. The molecule has 0 aromatic rings. The maximum absolute atomic E-state index is 13.4. The molecule has 101 heavy (non-hydrogen) atoms. The highest BCUT2D eigenvalue weighted by atomic mass is 16.8. The van der Waals surface area contributed by atoms with Crippen LogP contribution in [0.5, 0.6) is 0 Å². The summed E-state index contributed by atoms with van der Waals surface area (Å²) in [5.74, 6) is -0.278. The van der Waals surface area contributed by atoms with Crippen molar-refractivity contribution in [2.45, 2.75) is 465 Å². The van der Waals surface area contributed by atoms with Gasteiger partial charge in [0.05, 0.1) is 38.6 Å². The number of rotatable bonds is 68. The lowest BCUT2D eigenvalue weighted by molar-refractivity contribution is -0.379. The minimum Gasteiger partial charge on any atom is -0.394 e. The van der Waals surface area contributed by atoms with Crippen LogP contribution < -0.4 is 5.32 Å². The molecule has 0 saturated carbocycles. The molecule has 3 heterocycles. The van der Waals surface area contributed by atoms with Crippen molar-refractivity contribution in [1.82, 2.24) is 5.32 Å². The minimum absolute atomic E-state index is 0.241. The predicted octanol–water partition coefficient (Wildman–Crippen LogP) is 14.5. The van der Waals surface area contributed by atoms with Crippen molar-refractivity contribution in [2.75, 3.05) is 26.4 Å². The van der Waals surface area contributed by atoms with Crippen molar-refractivity contribution in [2.24, 2.45) is 0 Å². The maximum Gasteiger partial charge on any atom is 0.220 e. The molecule has 3 aliphatic heterocycles. The minimum atomic E-state index is -1.98. The molecule has 0 aromatic heterocycles. The summed E-state index contributed by atoms with van der Waals surface area (Å²) in [5.41, 5.74) is 0. The summed E-state index contributed by atoms with van der Waals surface area (Å²) in [5, 5.41) is 121. The maximum atomic E-state index is 13.4.